The Balaban J connectivity index is 0.922. The van der Waals surface area contributed by atoms with E-state index in [-0.39, 0.29) is 0 Å². The van der Waals surface area contributed by atoms with Crippen LogP contribution in [-0.4, -0.2) is 9.13 Å². The van der Waals surface area contributed by atoms with E-state index in [0.29, 0.717) is 0 Å². The molecule has 0 aliphatic rings. The average molecular weight is 799 g/mol. The van der Waals surface area contributed by atoms with Gasteiger partial charge in [-0.2, -0.15) is 0 Å². The Hall–Kier alpha value is -7.20. The fourth-order valence-corrected chi connectivity index (χ4v) is 10.7. The lowest BCUT2D eigenvalue weighted by atomic mass is 10.0. The van der Waals surface area contributed by atoms with Crippen molar-refractivity contribution in [1.29, 1.82) is 0 Å². The monoisotopic (exact) mass is 798 g/mol. The molecule has 0 saturated heterocycles. The molecular formula is C58H42N2S. The maximum absolute atomic E-state index is 2.43. The van der Waals surface area contributed by atoms with Gasteiger partial charge in [0.2, 0.25) is 0 Å². The molecule has 0 aliphatic carbocycles. The van der Waals surface area contributed by atoms with E-state index < -0.39 is 0 Å². The number of unbranched alkanes of at least 4 members (excludes halogenated alkanes) is 1. The fraction of sp³-hybridized carbons (Fsp3) is 0.0690. The minimum atomic E-state index is 1.15. The van der Waals surface area contributed by atoms with E-state index in [4.69, 9.17) is 0 Å². The van der Waals surface area contributed by atoms with Crippen molar-refractivity contribution in [2.24, 2.45) is 0 Å². The molecule has 3 heterocycles. The third-order valence-electron chi connectivity index (χ3n) is 12.7. The molecule has 3 aromatic heterocycles. The number of fused-ring (bicyclic) bond motifs is 9. The first kappa shape index (κ1) is 35.7. The molecule has 0 amide bonds. The van der Waals surface area contributed by atoms with Crippen molar-refractivity contribution in [3.8, 4) is 44.8 Å². The summed E-state index contributed by atoms with van der Waals surface area (Å²) in [5.41, 5.74) is 16.0. The molecule has 0 bridgehead atoms. The summed E-state index contributed by atoms with van der Waals surface area (Å²) in [5, 5.41) is 7.67. The van der Waals surface area contributed by atoms with E-state index in [2.05, 4.69) is 216 Å². The maximum Gasteiger partial charge on any atom is 0.0541 e. The lowest BCUT2D eigenvalue weighted by molar-refractivity contribution is 0.795. The van der Waals surface area contributed by atoms with Crippen LogP contribution in [0.2, 0.25) is 0 Å². The second-order valence-electron chi connectivity index (χ2n) is 16.4. The van der Waals surface area contributed by atoms with Crippen LogP contribution in [0, 0.1) is 0 Å². The van der Waals surface area contributed by atoms with Crippen LogP contribution >= 0.6 is 11.3 Å². The fourth-order valence-electron chi connectivity index (χ4n) is 9.64. The van der Waals surface area contributed by atoms with Crippen LogP contribution in [0.1, 0.15) is 25.3 Å². The summed E-state index contributed by atoms with van der Waals surface area (Å²) in [6, 6.07) is 74.5. The predicted molar refractivity (Wildman–Crippen MR) is 263 cm³/mol. The minimum Gasteiger partial charge on any atom is -0.309 e. The highest BCUT2D eigenvalue weighted by Crippen LogP contribution is 2.40. The number of aryl methyl sites for hydroxylation is 1. The summed E-state index contributed by atoms with van der Waals surface area (Å²) in [4.78, 5) is 0. The molecule has 9 aromatic carbocycles. The van der Waals surface area contributed by atoms with Crippen molar-refractivity contribution in [3.63, 3.8) is 0 Å². The predicted octanol–water partition coefficient (Wildman–Crippen LogP) is 16.6. The zero-order valence-electron chi connectivity index (χ0n) is 34.0. The van der Waals surface area contributed by atoms with Crippen LogP contribution in [0.4, 0.5) is 0 Å². The van der Waals surface area contributed by atoms with Gasteiger partial charge in [0, 0.05) is 53.1 Å². The lowest BCUT2D eigenvalue weighted by Crippen LogP contribution is -1.94. The second-order valence-corrected chi connectivity index (χ2v) is 17.5. The SMILES string of the molecule is CCCCc1ccc(-c2ccc(-n3c4ccccc4c4cc(-c5ccc6c(c5)c5ccccc5n6-c5cccc(-c6ccc7sc8ccccc8c7c6)c5)ccc43)cc2)cc1. The largest absolute Gasteiger partial charge is 0.309 e. The van der Waals surface area contributed by atoms with Crippen LogP contribution in [0.15, 0.2) is 200 Å². The van der Waals surface area contributed by atoms with E-state index >= 15 is 0 Å². The normalized spacial score (nSPS) is 11.9. The molecule has 0 unspecified atom stereocenters. The standard InChI is InChI=1S/C58H42N2S/c1-2-3-11-38-20-22-39(23-21-38)40-24-29-45(30-25-40)59-53-17-7-4-14-47(53)50-35-42(26-31-55(50)59)43-27-32-56-51(36-43)48-15-5-8-18-54(48)60(56)46-13-10-12-41(34-46)44-28-33-58-52(37-44)49-16-6-9-19-57(49)61-58/h4-10,12-37H,2-3,11H2,1H3. The number of benzene rings is 9. The molecule has 0 radical (unpaired) electrons. The van der Waals surface area contributed by atoms with Crippen molar-refractivity contribution >= 4 is 75.1 Å². The van der Waals surface area contributed by atoms with E-state index in [9.17, 15) is 0 Å². The van der Waals surface area contributed by atoms with Gasteiger partial charge in [-0.05, 0) is 131 Å². The second kappa shape index (κ2) is 14.5. The molecule has 0 aliphatic heterocycles. The van der Waals surface area contributed by atoms with Crippen molar-refractivity contribution in [3.05, 3.63) is 206 Å². The molecule has 0 spiro atoms. The van der Waals surface area contributed by atoms with Crippen LogP contribution in [0.3, 0.4) is 0 Å². The Bertz CT molecular complexity index is 3620. The smallest absolute Gasteiger partial charge is 0.0541 e. The van der Waals surface area contributed by atoms with Gasteiger partial charge in [-0.15, -0.1) is 11.3 Å². The van der Waals surface area contributed by atoms with Crippen molar-refractivity contribution in [2.75, 3.05) is 0 Å². The quantitative estimate of drug-likeness (QED) is 0.145. The Kier molecular flexibility index (Phi) is 8.50. The highest BCUT2D eigenvalue weighted by atomic mass is 32.1. The molecule has 0 saturated carbocycles. The van der Waals surface area contributed by atoms with E-state index in [1.54, 1.807) is 0 Å². The molecule has 12 rings (SSSR count). The summed E-state index contributed by atoms with van der Waals surface area (Å²) in [6.45, 7) is 2.25. The molecule has 12 aromatic rings. The minimum absolute atomic E-state index is 1.15. The summed E-state index contributed by atoms with van der Waals surface area (Å²) >= 11 is 1.87. The van der Waals surface area contributed by atoms with Crippen molar-refractivity contribution < 1.29 is 0 Å². The van der Waals surface area contributed by atoms with E-state index in [1.165, 1.54) is 121 Å². The van der Waals surface area contributed by atoms with E-state index in [1.807, 2.05) is 11.3 Å². The number of hydrogen-bond acceptors (Lipinski definition) is 1. The van der Waals surface area contributed by atoms with Gasteiger partial charge in [0.1, 0.15) is 0 Å². The van der Waals surface area contributed by atoms with Crippen LogP contribution < -0.4 is 0 Å². The Labute approximate surface area is 359 Å². The highest BCUT2D eigenvalue weighted by molar-refractivity contribution is 7.25. The van der Waals surface area contributed by atoms with Gasteiger partial charge < -0.3 is 9.13 Å². The van der Waals surface area contributed by atoms with E-state index in [0.717, 1.165) is 12.1 Å². The van der Waals surface area contributed by atoms with Gasteiger partial charge in [-0.25, -0.2) is 0 Å². The summed E-state index contributed by atoms with van der Waals surface area (Å²) in [7, 11) is 0. The number of rotatable bonds is 8. The van der Waals surface area contributed by atoms with Gasteiger partial charge >= 0.3 is 0 Å². The summed E-state index contributed by atoms with van der Waals surface area (Å²) in [6.07, 6.45) is 3.60. The van der Waals surface area contributed by atoms with Crippen LogP contribution in [0.25, 0.3) is 109 Å². The Morgan fingerprint density at radius 3 is 1.49 bits per heavy atom. The summed E-state index contributed by atoms with van der Waals surface area (Å²) < 4.78 is 7.51. The molecule has 0 atom stereocenters. The topological polar surface area (TPSA) is 9.86 Å². The van der Waals surface area contributed by atoms with Gasteiger partial charge in [-0.3, -0.25) is 0 Å². The Morgan fingerprint density at radius 1 is 0.344 bits per heavy atom. The zero-order chi connectivity index (χ0) is 40.4. The number of aromatic nitrogens is 2. The zero-order valence-corrected chi connectivity index (χ0v) is 34.8. The first-order valence-electron chi connectivity index (χ1n) is 21.5. The van der Waals surface area contributed by atoms with Gasteiger partial charge in [0.15, 0.2) is 0 Å². The molecule has 2 nitrogen and oxygen atoms in total. The van der Waals surface area contributed by atoms with Gasteiger partial charge in [-0.1, -0.05) is 135 Å². The van der Waals surface area contributed by atoms with Crippen molar-refractivity contribution in [2.45, 2.75) is 26.2 Å². The van der Waals surface area contributed by atoms with Gasteiger partial charge in [0.05, 0.1) is 22.1 Å². The third kappa shape index (κ3) is 5.99. The third-order valence-corrected chi connectivity index (χ3v) is 13.9. The molecule has 0 fully saturated rings. The number of hydrogen-bond donors (Lipinski definition) is 0. The molecule has 61 heavy (non-hydrogen) atoms. The lowest BCUT2D eigenvalue weighted by Gasteiger charge is -2.11. The first-order chi connectivity index (χ1) is 30.2. The highest BCUT2D eigenvalue weighted by Gasteiger charge is 2.17. The number of para-hydroxylation sites is 2. The van der Waals surface area contributed by atoms with Gasteiger partial charge in [0.25, 0.3) is 0 Å². The van der Waals surface area contributed by atoms with Crippen molar-refractivity contribution in [1.82, 2.24) is 9.13 Å². The number of nitrogens with zero attached hydrogens (tertiary/aromatic N) is 2. The maximum atomic E-state index is 2.43. The van der Waals surface area contributed by atoms with Crippen LogP contribution in [0.5, 0.6) is 0 Å². The molecule has 290 valence electrons. The molecule has 0 N–H and O–H groups in total. The summed E-state index contributed by atoms with van der Waals surface area (Å²) in [5.74, 6) is 0. The Morgan fingerprint density at radius 2 is 0.836 bits per heavy atom. The molecular weight excluding hydrogens is 757 g/mol. The van der Waals surface area contributed by atoms with Crippen LogP contribution in [-0.2, 0) is 6.42 Å². The average Bonchev–Trinajstić information content (AvgIpc) is 3.98. The molecule has 3 heteroatoms. The number of thiophene rings is 1. The first-order valence-corrected chi connectivity index (χ1v) is 22.3.